The number of nitrogens with two attached hydrogens (primary N) is 1. The second kappa shape index (κ2) is 4.14. The van der Waals surface area contributed by atoms with Crippen LogP contribution in [-0.4, -0.2) is 15.0 Å². The zero-order chi connectivity index (χ0) is 11.5. The van der Waals surface area contributed by atoms with Crippen LogP contribution in [0.2, 0.25) is 0 Å². The summed E-state index contributed by atoms with van der Waals surface area (Å²) in [7, 11) is 0. The summed E-state index contributed by atoms with van der Waals surface area (Å²) >= 11 is 0. The predicted molar refractivity (Wildman–Crippen MR) is 63.4 cm³/mol. The van der Waals surface area contributed by atoms with E-state index in [1.807, 2.05) is 26.0 Å². The third-order valence-corrected chi connectivity index (χ3v) is 2.24. The Kier molecular flexibility index (Phi) is 2.68. The van der Waals surface area contributed by atoms with Crippen molar-refractivity contribution in [3.05, 3.63) is 35.9 Å². The van der Waals surface area contributed by atoms with Crippen LogP contribution in [-0.2, 0) is 0 Å². The van der Waals surface area contributed by atoms with E-state index in [2.05, 4.69) is 20.3 Å². The Labute approximate surface area is 93.8 Å². The molecule has 0 radical (unpaired) electrons. The molecule has 0 aliphatic rings. The highest BCUT2D eigenvalue weighted by atomic mass is 15.1. The van der Waals surface area contributed by atoms with Gasteiger partial charge in [0.2, 0.25) is 5.95 Å². The lowest BCUT2D eigenvalue weighted by atomic mass is 10.3. The standard InChI is InChI=1S/C11H13N5/c1-7-10(12)8(2)15-11(14-7)16-9-4-3-5-13-6-9/h3-6H,12H2,1-2H3,(H,14,15,16). The van der Waals surface area contributed by atoms with Gasteiger partial charge in [-0.15, -0.1) is 0 Å². The van der Waals surface area contributed by atoms with Gasteiger partial charge in [-0.05, 0) is 26.0 Å². The van der Waals surface area contributed by atoms with Gasteiger partial charge in [0.25, 0.3) is 0 Å². The zero-order valence-electron chi connectivity index (χ0n) is 9.23. The Morgan fingerprint density at radius 2 is 1.88 bits per heavy atom. The van der Waals surface area contributed by atoms with Crippen molar-refractivity contribution in [3.8, 4) is 0 Å². The Hall–Kier alpha value is -2.17. The summed E-state index contributed by atoms with van der Waals surface area (Å²) in [6.07, 6.45) is 3.43. The molecule has 2 aromatic heterocycles. The molecule has 0 aromatic carbocycles. The summed E-state index contributed by atoms with van der Waals surface area (Å²) in [5, 5.41) is 3.07. The number of aromatic nitrogens is 3. The molecule has 0 bridgehead atoms. The summed E-state index contributed by atoms with van der Waals surface area (Å²) in [5.74, 6) is 0.539. The van der Waals surface area contributed by atoms with Crippen molar-refractivity contribution in [3.63, 3.8) is 0 Å². The summed E-state index contributed by atoms with van der Waals surface area (Å²) in [6.45, 7) is 3.72. The van der Waals surface area contributed by atoms with Gasteiger partial charge in [-0.2, -0.15) is 0 Å². The number of anilines is 3. The fraction of sp³-hybridized carbons (Fsp3) is 0.182. The van der Waals surface area contributed by atoms with Crippen LogP contribution < -0.4 is 11.1 Å². The first kappa shape index (κ1) is 10.4. The lowest BCUT2D eigenvalue weighted by molar-refractivity contribution is 1.07. The summed E-state index contributed by atoms with van der Waals surface area (Å²) < 4.78 is 0. The summed E-state index contributed by atoms with van der Waals surface area (Å²) in [4.78, 5) is 12.5. The van der Waals surface area contributed by atoms with Gasteiger partial charge in [0.15, 0.2) is 0 Å². The molecule has 2 aromatic rings. The van der Waals surface area contributed by atoms with Gasteiger partial charge in [-0.3, -0.25) is 4.98 Å². The fourth-order valence-corrected chi connectivity index (χ4v) is 1.35. The molecule has 5 heteroatoms. The number of nitrogen functional groups attached to an aromatic ring is 1. The third-order valence-electron chi connectivity index (χ3n) is 2.24. The number of rotatable bonds is 2. The molecule has 5 nitrogen and oxygen atoms in total. The summed E-state index contributed by atoms with van der Waals surface area (Å²) in [6, 6.07) is 3.75. The van der Waals surface area contributed by atoms with Crippen molar-refractivity contribution in [2.45, 2.75) is 13.8 Å². The minimum atomic E-state index is 0.539. The van der Waals surface area contributed by atoms with Crippen molar-refractivity contribution in [2.75, 3.05) is 11.1 Å². The molecule has 16 heavy (non-hydrogen) atoms. The third kappa shape index (κ3) is 2.08. The molecule has 0 fully saturated rings. The quantitative estimate of drug-likeness (QED) is 0.799. The molecule has 0 aliphatic carbocycles. The SMILES string of the molecule is Cc1nc(Nc2cccnc2)nc(C)c1N. The molecule has 82 valence electrons. The lowest BCUT2D eigenvalue weighted by Crippen LogP contribution is -2.04. The van der Waals surface area contributed by atoms with Crippen LogP contribution in [0.5, 0.6) is 0 Å². The maximum Gasteiger partial charge on any atom is 0.227 e. The molecule has 0 atom stereocenters. The molecule has 2 heterocycles. The van der Waals surface area contributed by atoms with Crippen LogP contribution in [0.25, 0.3) is 0 Å². The van der Waals surface area contributed by atoms with Crippen LogP contribution in [0, 0.1) is 13.8 Å². The van der Waals surface area contributed by atoms with Crippen molar-refractivity contribution in [1.82, 2.24) is 15.0 Å². The van der Waals surface area contributed by atoms with Crippen LogP contribution >= 0.6 is 0 Å². The molecule has 0 amide bonds. The monoisotopic (exact) mass is 215 g/mol. The van der Waals surface area contributed by atoms with Gasteiger partial charge in [0, 0.05) is 6.20 Å². The minimum absolute atomic E-state index is 0.539. The molecule has 0 saturated carbocycles. The lowest BCUT2D eigenvalue weighted by Gasteiger charge is -2.08. The zero-order valence-corrected chi connectivity index (χ0v) is 9.23. The molecule has 0 unspecified atom stereocenters. The molecule has 0 aliphatic heterocycles. The van der Waals surface area contributed by atoms with E-state index in [1.165, 1.54) is 0 Å². The largest absolute Gasteiger partial charge is 0.396 e. The van der Waals surface area contributed by atoms with E-state index >= 15 is 0 Å². The average Bonchev–Trinajstić information content (AvgIpc) is 2.27. The van der Waals surface area contributed by atoms with E-state index in [-0.39, 0.29) is 0 Å². The first-order chi connectivity index (χ1) is 7.66. The first-order valence-corrected chi connectivity index (χ1v) is 4.94. The Morgan fingerprint density at radius 3 is 2.44 bits per heavy atom. The summed E-state index contributed by atoms with van der Waals surface area (Å²) in [5.41, 5.74) is 8.82. The highest BCUT2D eigenvalue weighted by Gasteiger charge is 2.04. The molecule has 2 rings (SSSR count). The van der Waals surface area contributed by atoms with Gasteiger partial charge in [0.1, 0.15) is 0 Å². The van der Waals surface area contributed by atoms with Gasteiger partial charge in [-0.1, -0.05) is 0 Å². The number of hydrogen-bond acceptors (Lipinski definition) is 5. The van der Waals surface area contributed by atoms with Crippen molar-refractivity contribution in [1.29, 1.82) is 0 Å². The molecular formula is C11H13N5. The van der Waals surface area contributed by atoms with Crippen molar-refractivity contribution >= 4 is 17.3 Å². The molecule has 0 saturated heterocycles. The highest BCUT2D eigenvalue weighted by molar-refractivity contribution is 5.55. The van der Waals surface area contributed by atoms with E-state index in [0.717, 1.165) is 17.1 Å². The Morgan fingerprint density at radius 1 is 1.19 bits per heavy atom. The molecule has 0 spiro atoms. The Balaban J connectivity index is 2.29. The van der Waals surface area contributed by atoms with Crippen LogP contribution in [0.1, 0.15) is 11.4 Å². The number of hydrogen-bond donors (Lipinski definition) is 2. The number of nitrogens with zero attached hydrogens (tertiary/aromatic N) is 3. The second-order valence-electron chi connectivity index (χ2n) is 3.50. The molecular weight excluding hydrogens is 202 g/mol. The normalized spacial score (nSPS) is 10.1. The Bertz CT molecular complexity index is 472. The fourth-order valence-electron chi connectivity index (χ4n) is 1.35. The maximum absolute atomic E-state index is 5.78. The minimum Gasteiger partial charge on any atom is -0.396 e. The van der Waals surface area contributed by atoms with Gasteiger partial charge in [-0.25, -0.2) is 9.97 Å². The predicted octanol–water partition coefficient (Wildman–Crippen LogP) is 1.81. The maximum atomic E-state index is 5.78. The first-order valence-electron chi connectivity index (χ1n) is 4.94. The second-order valence-corrected chi connectivity index (χ2v) is 3.50. The topological polar surface area (TPSA) is 76.7 Å². The van der Waals surface area contributed by atoms with E-state index in [9.17, 15) is 0 Å². The van der Waals surface area contributed by atoms with E-state index in [1.54, 1.807) is 12.4 Å². The number of aryl methyl sites for hydroxylation is 2. The van der Waals surface area contributed by atoms with Crippen LogP contribution in [0.15, 0.2) is 24.5 Å². The van der Waals surface area contributed by atoms with Crippen LogP contribution in [0.4, 0.5) is 17.3 Å². The van der Waals surface area contributed by atoms with Gasteiger partial charge >= 0.3 is 0 Å². The van der Waals surface area contributed by atoms with Crippen molar-refractivity contribution in [2.24, 2.45) is 0 Å². The van der Waals surface area contributed by atoms with E-state index in [4.69, 9.17) is 5.73 Å². The van der Waals surface area contributed by atoms with Gasteiger partial charge in [0.05, 0.1) is 29.0 Å². The number of nitrogens with one attached hydrogen (secondary N) is 1. The van der Waals surface area contributed by atoms with Gasteiger partial charge < -0.3 is 11.1 Å². The van der Waals surface area contributed by atoms with E-state index in [0.29, 0.717) is 11.6 Å². The van der Waals surface area contributed by atoms with Crippen LogP contribution in [0.3, 0.4) is 0 Å². The molecule has 3 N–H and O–H groups in total. The average molecular weight is 215 g/mol. The smallest absolute Gasteiger partial charge is 0.227 e. The van der Waals surface area contributed by atoms with E-state index < -0.39 is 0 Å². The highest BCUT2D eigenvalue weighted by Crippen LogP contribution is 2.16. The van der Waals surface area contributed by atoms with Crippen molar-refractivity contribution < 1.29 is 0 Å². The number of pyridine rings is 1.